The van der Waals surface area contributed by atoms with Gasteiger partial charge < -0.3 is 9.88 Å². The van der Waals surface area contributed by atoms with Crippen molar-refractivity contribution in [1.29, 1.82) is 0 Å². The molecule has 5 heteroatoms. The Morgan fingerprint density at radius 1 is 1.56 bits per heavy atom. The van der Waals surface area contributed by atoms with Crippen molar-refractivity contribution in [1.82, 2.24) is 9.55 Å². The van der Waals surface area contributed by atoms with Crippen LogP contribution in [0.2, 0.25) is 0 Å². The van der Waals surface area contributed by atoms with Crippen LogP contribution in [0, 0.1) is 5.92 Å². The van der Waals surface area contributed by atoms with Crippen LogP contribution in [0.15, 0.2) is 17.2 Å². The first-order valence-corrected chi connectivity index (χ1v) is 7.07. The lowest BCUT2D eigenvalue weighted by molar-refractivity contribution is 0.571. The van der Waals surface area contributed by atoms with Gasteiger partial charge in [0.2, 0.25) is 0 Å². The minimum absolute atomic E-state index is 0.0373. The molecule has 102 valence electrons. The lowest BCUT2D eigenvalue weighted by Crippen LogP contribution is -2.24. The van der Waals surface area contributed by atoms with Crippen LogP contribution in [-0.2, 0) is 6.54 Å². The summed E-state index contributed by atoms with van der Waals surface area (Å²) in [6.45, 7) is 5.68. The van der Waals surface area contributed by atoms with E-state index in [1.165, 1.54) is 0 Å². The Labute approximate surface area is 113 Å². The van der Waals surface area contributed by atoms with E-state index < -0.39 is 0 Å². The second-order valence-electron chi connectivity index (χ2n) is 4.60. The molecule has 1 heterocycles. The van der Waals surface area contributed by atoms with Crippen LogP contribution >= 0.6 is 11.6 Å². The molecule has 4 nitrogen and oxygen atoms in total. The first kappa shape index (κ1) is 15.0. The minimum Gasteiger partial charge on any atom is -0.365 e. The van der Waals surface area contributed by atoms with Crippen LogP contribution in [-0.4, -0.2) is 22.0 Å². The van der Waals surface area contributed by atoms with E-state index in [1.807, 2.05) is 6.92 Å². The molecule has 1 unspecified atom stereocenters. The maximum absolute atomic E-state index is 12.0. The third-order valence-electron chi connectivity index (χ3n) is 2.81. The molecule has 0 radical (unpaired) electrons. The maximum Gasteiger partial charge on any atom is 0.293 e. The topological polar surface area (TPSA) is 46.9 Å². The molecule has 1 N–H and O–H groups in total. The zero-order valence-corrected chi connectivity index (χ0v) is 11.9. The molecule has 1 rings (SSSR count). The highest BCUT2D eigenvalue weighted by atomic mass is 35.5. The number of aryl methyl sites for hydroxylation is 1. The molecule has 0 spiro atoms. The van der Waals surface area contributed by atoms with Gasteiger partial charge in [-0.25, -0.2) is 4.98 Å². The molecule has 1 atom stereocenters. The molecular weight excluding hydrogens is 250 g/mol. The van der Waals surface area contributed by atoms with Crippen LogP contribution < -0.4 is 10.9 Å². The predicted octanol–water partition coefficient (Wildman–Crippen LogP) is 2.72. The van der Waals surface area contributed by atoms with E-state index in [4.69, 9.17) is 11.6 Å². The van der Waals surface area contributed by atoms with Crippen LogP contribution in [0.25, 0.3) is 0 Å². The summed E-state index contributed by atoms with van der Waals surface area (Å²) in [6, 6.07) is 0. The van der Waals surface area contributed by atoms with E-state index in [0.717, 1.165) is 32.4 Å². The van der Waals surface area contributed by atoms with Crippen LogP contribution in [0.3, 0.4) is 0 Å². The zero-order chi connectivity index (χ0) is 13.4. The summed E-state index contributed by atoms with van der Waals surface area (Å²) in [6.07, 6.45) is 6.40. The molecule has 0 bridgehead atoms. The fraction of sp³-hybridized carbons (Fsp3) is 0.692. The largest absolute Gasteiger partial charge is 0.365 e. The van der Waals surface area contributed by atoms with Crippen LogP contribution in [0.1, 0.15) is 33.1 Å². The lowest BCUT2D eigenvalue weighted by atomic mass is 10.1. The van der Waals surface area contributed by atoms with Gasteiger partial charge in [-0.3, -0.25) is 4.79 Å². The molecule has 0 aromatic carbocycles. The number of hydrogen-bond donors (Lipinski definition) is 1. The molecule has 0 saturated carbocycles. The van der Waals surface area contributed by atoms with E-state index in [0.29, 0.717) is 17.6 Å². The Morgan fingerprint density at radius 3 is 3.00 bits per heavy atom. The normalized spacial score (nSPS) is 12.4. The van der Waals surface area contributed by atoms with E-state index in [2.05, 4.69) is 17.2 Å². The quantitative estimate of drug-likeness (QED) is 0.584. The number of rotatable bonds is 8. The van der Waals surface area contributed by atoms with Crippen molar-refractivity contribution < 1.29 is 0 Å². The van der Waals surface area contributed by atoms with Gasteiger partial charge in [0, 0.05) is 31.4 Å². The Hall–Kier alpha value is -1.03. The van der Waals surface area contributed by atoms with E-state index in [-0.39, 0.29) is 5.56 Å². The van der Waals surface area contributed by atoms with Crippen molar-refractivity contribution in [2.75, 3.05) is 17.7 Å². The molecule has 18 heavy (non-hydrogen) atoms. The van der Waals surface area contributed by atoms with Crippen LogP contribution in [0.5, 0.6) is 0 Å². The van der Waals surface area contributed by atoms with E-state index in [9.17, 15) is 4.79 Å². The Morgan fingerprint density at radius 2 is 2.33 bits per heavy atom. The summed E-state index contributed by atoms with van der Waals surface area (Å²) in [5, 5.41) is 3.10. The average Bonchev–Trinajstić information content (AvgIpc) is 2.38. The number of alkyl halides is 1. The third-order valence-corrected chi connectivity index (χ3v) is 3.33. The summed E-state index contributed by atoms with van der Waals surface area (Å²) >= 11 is 5.74. The number of halogens is 1. The number of anilines is 1. The highest BCUT2D eigenvalue weighted by Gasteiger charge is 2.04. The molecule has 0 saturated heterocycles. The van der Waals surface area contributed by atoms with E-state index in [1.54, 1.807) is 17.0 Å². The Balaban J connectivity index is 2.47. The summed E-state index contributed by atoms with van der Waals surface area (Å²) < 4.78 is 1.69. The SMILES string of the molecule is CCCn1ccnc(NCCCC(C)CCl)c1=O. The fourth-order valence-corrected chi connectivity index (χ4v) is 1.87. The maximum atomic E-state index is 12.0. The molecule has 0 fully saturated rings. The summed E-state index contributed by atoms with van der Waals surface area (Å²) in [5.41, 5.74) is -0.0373. The molecule has 1 aromatic rings. The summed E-state index contributed by atoms with van der Waals surface area (Å²) in [7, 11) is 0. The van der Waals surface area contributed by atoms with Gasteiger partial charge >= 0.3 is 0 Å². The molecule has 0 amide bonds. The predicted molar refractivity (Wildman–Crippen MR) is 76.4 cm³/mol. The third kappa shape index (κ3) is 4.69. The highest BCUT2D eigenvalue weighted by Crippen LogP contribution is 2.07. The number of hydrogen-bond acceptors (Lipinski definition) is 3. The smallest absolute Gasteiger partial charge is 0.293 e. The van der Waals surface area contributed by atoms with Gasteiger partial charge in [-0.1, -0.05) is 13.8 Å². The van der Waals surface area contributed by atoms with E-state index >= 15 is 0 Å². The van der Waals surface area contributed by atoms with Gasteiger partial charge in [-0.2, -0.15) is 0 Å². The van der Waals surface area contributed by atoms with Gasteiger partial charge in [0.15, 0.2) is 5.82 Å². The Bertz CT molecular complexity index is 405. The fourth-order valence-electron chi connectivity index (χ4n) is 1.72. The number of nitrogens with one attached hydrogen (secondary N) is 1. The molecule has 0 aliphatic carbocycles. The second kappa shape index (κ2) is 8.14. The van der Waals surface area contributed by atoms with Crippen molar-refractivity contribution in [3.05, 3.63) is 22.7 Å². The van der Waals surface area contributed by atoms with Crippen LogP contribution in [0.4, 0.5) is 5.82 Å². The first-order valence-electron chi connectivity index (χ1n) is 6.54. The van der Waals surface area contributed by atoms with Crippen molar-refractivity contribution in [3.8, 4) is 0 Å². The Kier molecular flexibility index (Phi) is 6.80. The van der Waals surface area contributed by atoms with Crippen molar-refractivity contribution in [2.45, 2.75) is 39.7 Å². The molecule has 0 aliphatic rings. The molecular formula is C13H22ClN3O. The van der Waals surface area contributed by atoms with Gasteiger partial charge in [0.1, 0.15) is 0 Å². The highest BCUT2D eigenvalue weighted by molar-refractivity contribution is 6.18. The van der Waals surface area contributed by atoms with Crippen molar-refractivity contribution in [3.63, 3.8) is 0 Å². The monoisotopic (exact) mass is 271 g/mol. The second-order valence-corrected chi connectivity index (χ2v) is 4.91. The van der Waals surface area contributed by atoms with Gasteiger partial charge in [0.05, 0.1) is 0 Å². The standard InChI is InChI=1S/C13H22ClN3O/c1-3-8-17-9-7-16-12(13(17)18)15-6-4-5-11(2)10-14/h7,9,11H,3-6,8,10H2,1-2H3,(H,15,16). The molecule has 1 aromatic heterocycles. The summed E-state index contributed by atoms with van der Waals surface area (Å²) in [4.78, 5) is 16.0. The van der Waals surface area contributed by atoms with Gasteiger partial charge in [0.25, 0.3) is 5.56 Å². The average molecular weight is 272 g/mol. The minimum atomic E-state index is -0.0373. The lowest BCUT2D eigenvalue weighted by Gasteiger charge is -2.09. The summed E-state index contributed by atoms with van der Waals surface area (Å²) in [5.74, 6) is 1.66. The molecule has 0 aliphatic heterocycles. The van der Waals surface area contributed by atoms with Crippen molar-refractivity contribution in [2.24, 2.45) is 5.92 Å². The van der Waals surface area contributed by atoms with Crippen molar-refractivity contribution >= 4 is 17.4 Å². The zero-order valence-electron chi connectivity index (χ0n) is 11.2. The number of nitrogens with zero attached hydrogens (tertiary/aromatic N) is 2. The van der Waals surface area contributed by atoms with Gasteiger partial charge in [-0.05, 0) is 25.2 Å². The first-order chi connectivity index (χ1) is 8.69. The number of aromatic nitrogens is 2. The van der Waals surface area contributed by atoms with Gasteiger partial charge in [-0.15, -0.1) is 11.6 Å².